The second-order valence-corrected chi connectivity index (χ2v) is 8.56. The number of rotatable bonds is 6. The number of sulfone groups is 1. The van der Waals surface area contributed by atoms with Gasteiger partial charge in [0.15, 0.2) is 9.84 Å². The molecule has 4 rings (SSSR count). The van der Waals surface area contributed by atoms with Gasteiger partial charge in [-0.15, -0.1) is 0 Å². The van der Waals surface area contributed by atoms with E-state index in [2.05, 4.69) is 10.1 Å². The van der Waals surface area contributed by atoms with Gasteiger partial charge in [0.2, 0.25) is 5.82 Å². The van der Waals surface area contributed by atoms with Crippen LogP contribution < -0.4 is 9.64 Å². The maximum atomic E-state index is 13.0. The van der Waals surface area contributed by atoms with Gasteiger partial charge >= 0.3 is 6.01 Å². The van der Waals surface area contributed by atoms with Crippen LogP contribution in [0.1, 0.15) is 6.92 Å². The van der Waals surface area contributed by atoms with Gasteiger partial charge in [0.05, 0.1) is 6.61 Å². The summed E-state index contributed by atoms with van der Waals surface area (Å²) in [6.07, 6.45) is 0. The first-order valence-corrected chi connectivity index (χ1v) is 10.3. The van der Waals surface area contributed by atoms with Crippen LogP contribution in [0.25, 0.3) is 11.4 Å². The standard InChI is InChI=1S/C19H18FN3O4S/c1-2-26-16-5-3-4-6-17(16)28(24,25)15-11-23(12-15)19-21-18(22-27-19)13-7-9-14(20)10-8-13/h3-10,15H,2,11-12H2,1H3. The van der Waals surface area contributed by atoms with Crippen LogP contribution in [0.2, 0.25) is 0 Å². The molecule has 2 heterocycles. The van der Waals surface area contributed by atoms with E-state index < -0.39 is 15.1 Å². The molecule has 3 aromatic rings. The third-order valence-electron chi connectivity index (χ3n) is 4.53. The summed E-state index contributed by atoms with van der Waals surface area (Å²) >= 11 is 0. The smallest absolute Gasteiger partial charge is 0.324 e. The highest BCUT2D eigenvalue weighted by molar-refractivity contribution is 7.92. The van der Waals surface area contributed by atoms with Crippen molar-refractivity contribution in [2.45, 2.75) is 17.1 Å². The van der Waals surface area contributed by atoms with Gasteiger partial charge in [0.1, 0.15) is 21.7 Å². The average Bonchev–Trinajstić information content (AvgIpc) is 3.11. The molecule has 0 bridgehead atoms. The zero-order valence-corrected chi connectivity index (χ0v) is 15.9. The largest absolute Gasteiger partial charge is 0.493 e. The van der Waals surface area contributed by atoms with Crippen molar-refractivity contribution in [2.24, 2.45) is 0 Å². The van der Waals surface area contributed by atoms with E-state index in [4.69, 9.17) is 9.26 Å². The highest BCUT2D eigenvalue weighted by atomic mass is 32.2. The lowest BCUT2D eigenvalue weighted by Gasteiger charge is -2.37. The molecule has 1 aliphatic heterocycles. The first kappa shape index (κ1) is 18.4. The van der Waals surface area contributed by atoms with E-state index >= 15 is 0 Å². The van der Waals surface area contributed by atoms with Crippen molar-refractivity contribution in [1.82, 2.24) is 10.1 Å². The maximum Gasteiger partial charge on any atom is 0.324 e. The first-order valence-electron chi connectivity index (χ1n) is 8.79. The molecule has 9 heteroatoms. The molecular weight excluding hydrogens is 385 g/mol. The van der Waals surface area contributed by atoms with Crippen molar-refractivity contribution >= 4 is 15.9 Å². The Morgan fingerprint density at radius 2 is 1.89 bits per heavy atom. The number of aromatic nitrogens is 2. The minimum Gasteiger partial charge on any atom is -0.493 e. The Morgan fingerprint density at radius 3 is 2.61 bits per heavy atom. The number of benzene rings is 2. The second-order valence-electron chi connectivity index (χ2n) is 6.36. The van der Waals surface area contributed by atoms with Crippen LogP contribution in [0.15, 0.2) is 57.9 Å². The molecule has 1 aliphatic rings. The molecule has 0 saturated carbocycles. The molecular formula is C19H18FN3O4S. The summed E-state index contributed by atoms with van der Waals surface area (Å²) in [5.74, 6) is 0.332. The van der Waals surface area contributed by atoms with E-state index in [1.54, 1.807) is 41.3 Å². The predicted octanol–water partition coefficient (Wildman–Crippen LogP) is 2.94. The molecule has 0 N–H and O–H groups in total. The molecule has 0 radical (unpaired) electrons. The average molecular weight is 403 g/mol. The number of ether oxygens (including phenoxy) is 1. The van der Waals surface area contributed by atoms with Crippen LogP contribution in [-0.2, 0) is 9.84 Å². The topological polar surface area (TPSA) is 85.5 Å². The number of para-hydroxylation sites is 1. The van der Waals surface area contributed by atoms with Crippen LogP contribution in [-0.4, -0.2) is 43.5 Å². The van der Waals surface area contributed by atoms with Crippen molar-refractivity contribution < 1.29 is 22.1 Å². The lowest BCUT2D eigenvalue weighted by atomic mass is 10.2. The van der Waals surface area contributed by atoms with Gasteiger partial charge in [-0.05, 0) is 43.3 Å². The van der Waals surface area contributed by atoms with Crippen LogP contribution in [0.3, 0.4) is 0 Å². The summed E-state index contributed by atoms with van der Waals surface area (Å²) < 4.78 is 49.6. The molecule has 146 valence electrons. The Balaban J connectivity index is 1.48. The fraction of sp³-hybridized carbons (Fsp3) is 0.263. The minimum absolute atomic E-state index is 0.194. The lowest BCUT2D eigenvalue weighted by Crippen LogP contribution is -2.55. The van der Waals surface area contributed by atoms with Crippen molar-refractivity contribution in [2.75, 3.05) is 24.6 Å². The lowest BCUT2D eigenvalue weighted by molar-refractivity contribution is 0.330. The number of nitrogens with zero attached hydrogens (tertiary/aromatic N) is 3. The van der Waals surface area contributed by atoms with Gasteiger partial charge in [-0.25, -0.2) is 12.8 Å². The summed E-state index contributed by atoms with van der Waals surface area (Å²) in [7, 11) is -3.54. The highest BCUT2D eigenvalue weighted by Crippen LogP contribution is 2.32. The van der Waals surface area contributed by atoms with Crippen molar-refractivity contribution in [3.63, 3.8) is 0 Å². The Morgan fingerprint density at radius 1 is 1.18 bits per heavy atom. The highest BCUT2D eigenvalue weighted by Gasteiger charge is 2.41. The van der Waals surface area contributed by atoms with Crippen LogP contribution in [0.5, 0.6) is 5.75 Å². The molecule has 7 nitrogen and oxygen atoms in total. The van der Waals surface area contributed by atoms with Crippen LogP contribution in [0, 0.1) is 5.82 Å². The van der Waals surface area contributed by atoms with Crippen molar-refractivity contribution in [3.05, 3.63) is 54.3 Å². The molecule has 0 aliphatic carbocycles. The van der Waals surface area contributed by atoms with Gasteiger partial charge in [-0.1, -0.05) is 17.3 Å². The number of hydrogen-bond acceptors (Lipinski definition) is 7. The summed E-state index contributed by atoms with van der Waals surface area (Å²) in [5, 5.41) is 3.30. The third kappa shape index (κ3) is 3.33. The van der Waals surface area contributed by atoms with E-state index in [0.717, 1.165) is 0 Å². The zero-order chi connectivity index (χ0) is 19.7. The summed E-state index contributed by atoms with van der Waals surface area (Å²) in [6.45, 7) is 2.68. The molecule has 2 aromatic carbocycles. The second kappa shape index (κ2) is 7.23. The SMILES string of the molecule is CCOc1ccccc1S(=O)(=O)C1CN(c2nc(-c3ccc(F)cc3)no2)C1. The maximum absolute atomic E-state index is 13.0. The molecule has 0 atom stereocenters. The Labute approximate surface area is 161 Å². The number of anilines is 1. The molecule has 1 aromatic heterocycles. The molecule has 1 saturated heterocycles. The Bertz CT molecular complexity index is 1080. The monoisotopic (exact) mass is 403 g/mol. The summed E-state index contributed by atoms with van der Waals surface area (Å²) in [5.41, 5.74) is 0.617. The summed E-state index contributed by atoms with van der Waals surface area (Å²) in [4.78, 5) is 6.17. The fourth-order valence-corrected chi connectivity index (χ4v) is 4.78. The van der Waals surface area contributed by atoms with Crippen LogP contribution in [0.4, 0.5) is 10.4 Å². The minimum atomic E-state index is -3.54. The Kier molecular flexibility index (Phi) is 4.76. The predicted molar refractivity (Wildman–Crippen MR) is 100 cm³/mol. The van der Waals surface area contributed by atoms with Gasteiger partial charge in [-0.3, -0.25) is 0 Å². The van der Waals surface area contributed by atoms with E-state index in [1.807, 2.05) is 6.92 Å². The van der Waals surface area contributed by atoms with Gasteiger partial charge < -0.3 is 14.2 Å². The molecule has 0 amide bonds. The molecule has 0 spiro atoms. The summed E-state index contributed by atoms with van der Waals surface area (Å²) in [6, 6.07) is 12.6. The van der Waals surface area contributed by atoms with E-state index in [0.29, 0.717) is 23.7 Å². The van der Waals surface area contributed by atoms with Gasteiger partial charge in [0.25, 0.3) is 0 Å². The zero-order valence-electron chi connectivity index (χ0n) is 15.1. The van der Waals surface area contributed by atoms with Crippen molar-refractivity contribution in [1.29, 1.82) is 0 Å². The van der Waals surface area contributed by atoms with E-state index in [9.17, 15) is 12.8 Å². The number of hydrogen-bond donors (Lipinski definition) is 0. The van der Waals surface area contributed by atoms with Crippen molar-refractivity contribution in [3.8, 4) is 17.1 Å². The Hall–Kier alpha value is -2.94. The molecule has 1 fully saturated rings. The van der Waals surface area contributed by atoms with E-state index in [-0.39, 0.29) is 29.8 Å². The first-order chi connectivity index (χ1) is 13.5. The number of halogens is 1. The fourth-order valence-electron chi connectivity index (χ4n) is 2.99. The normalized spacial score (nSPS) is 14.7. The van der Waals surface area contributed by atoms with E-state index in [1.165, 1.54) is 12.1 Å². The molecule has 0 unspecified atom stereocenters. The van der Waals surface area contributed by atoms with Gasteiger partial charge in [-0.2, -0.15) is 4.98 Å². The van der Waals surface area contributed by atoms with Gasteiger partial charge in [0, 0.05) is 18.7 Å². The molecule has 28 heavy (non-hydrogen) atoms. The third-order valence-corrected chi connectivity index (χ3v) is 6.66. The quantitative estimate of drug-likeness (QED) is 0.625. The van der Waals surface area contributed by atoms with Crippen LogP contribution >= 0.6 is 0 Å².